The van der Waals surface area contributed by atoms with Gasteiger partial charge >= 0.3 is 0 Å². The molecule has 90 valence electrons. The van der Waals surface area contributed by atoms with Crippen LogP contribution in [0.15, 0.2) is 35.2 Å². The van der Waals surface area contributed by atoms with Gasteiger partial charge in [0, 0.05) is 12.3 Å². The highest BCUT2D eigenvalue weighted by Gasteiger charge is 2.07. The lowest BCUT2D eigenvalue weighted by Crippen LogP contribution is -1.92. The Labute approximate surface area is 112 Å². The average Bonchev–Trinajstić information content (AvgIpc) is 2.41. The van der Waals surface area contributed by atoms with Gasteiger partial charge in [0.05, 0.1) is 23.2 Å². The quantitative estimate of drug-likeness (QED) is 0.872. The number of hydrogen-bond acceptors (Lipinski definition) is 5. The van der Waals surface area contributed by atoms with Crippen molar-refractivity contribution in [1.82, 2.24) is 9.97 Å². The number of ether oxygens (including phenoxy) is 2. The van der Waals surface area contributed by atoms with Crippen molar-refractivity contribution in [3.8, 4) is 23.4 Å². The van der Waals surface area contributed by atoms with Crippen LogP contribution < -0.4 is 9.47 Å². The maximum absolute atomic E-state index is 8.91. The molecule has 1 aromatic carbocycles. The van der Waals surface area contributed by atoms with Gasteiger partial charge in [-0.3, -0.25) is 0 Å². The topological polar surface area (TPSA) is 68.0 Å². The van der Waals surface area contributed by atoms with E-state index in [1.165, 1.54) is 13.4 Å². The van der Waals surface area contributed by atoms with Gasteiger partial charge in [-0.05, 0) is 28.1 Å². The Kier molecular flexibility index (Phi) is 3.75. The van der Waals surface area contributed by atoms with Crippen molar-refractivity contribution >= 4 is 15.9 Å². The average molecular weight is 306 g/mol. The number of methoxy groups -OCH3 is 1. The summed E-state index contributed by atoms with van der Waals surface area (Å²) >= 11 is 3.28. The summed E-state index contributed by atoms with van der Waals surface area (Å²) in [4.78, 5) is 7.82. The molecule has 0 aliphatic heterocycles. The predicted molar refractivity (Wildman–Crippen MR) is 67.5 cm³/mol. The van der Waals surface area contributed by atoms with E-state index in [2.05, 4.69) is 25.9 Å². The van der Waals surface area contributed by atoms with Crippen LogP contribution >= 0.6 is 15.9 Å². The SMILES string of the molecule is COc1cc(C#N)cc(Oc2ncncc2Br)c1. The third kappa shape index (κ3) is 2.76. The molecule has 0 unspecified atom stereocenters. The molecule has 0 N–H and O–H groups in total. The van der Waals surface area contributed by atoms with Gasteiger partial charge in [-0.1, -0.05) is 0 Å². The Hall–Kier alpha value is -2.13. The van der Waals surface area contributed by atoms with Crippen LogP contribution in [-0.4, -0.2) is 17.1 Å². The molecule has 2 aromatic rings. The molecule has 5 nitrogen and oxygen atoms in total. The van der Waals surface area contributed by atoms with Gasteiger partial charge < -0.3 is 9.47 Å². The normalized spacial score (nSPS) is 9.61. The minimum atomic E-state index is 0.377. The lowest BCUT2D eigenvalue weighted by Gasteiger charge is -2.08. The molecule has 0 radical (unpaired) electrons. The number of aromatic nitrogens is 2. The molecule has 0 atom stereocenters. The highest BCUT2D eigenvalue weighted by Crippen LogP contribution is 2.29. The second kappa shape index (κ2) is 5.47. The van der Waals surface area contributed by atoms with Gasteiger partial charge in [-0.25, -0.2) is 9.97 Å². The van der Waals surface area contributed by atoms with E-state index < -0.39 is 0 Å². The molecule has 6 heteroatoms. The molecule has 0 aliphatic carbocycles. The molecule has 1 heterocycles. The maximum atomic E-state index is 8.91. The van der Waals surface area contributed by atoms with Gasteiger partial charge in [0.15, 0.2) is 0 Å². The Morgan fingerprint density at radius 1 is 1.28 bits per heavy atom. The fraction of sp³-hybridized carbons (Fsp3) is 0.0833. The summed E-state index contributed by atoms with van der Waals surface area (Å²) in [6.45, 7) is 0. The standard InChI is InChI=1S/C12H8BrN3O2/c1-17-9-2-8(5-14)3-10(4-9)18-12-11(13)6-15-7-16-12/h2-4,6-7H,1H3. The first-order chi connectivity index (χ1) is 8.72. The summed E-state index contributed by atoms with van der Waals surface area (Å²) in [5.74, 6) is 1.40. The Balaban J connectivity index is 2.35. The summed E-state index contributed by atoms with van der Waals surface area (Å²) in [7, 11) is 1.53. The Morgan fingerprint density at radius 2 is 2.06 bits per heavy atom. The molecule has 0 amide bonds. The molecular weight excluding hydrogens is 298 g/mol. The van der Waals surface area contributed by atoms with Gasteiger partial charge in [0.1, 0.15) is 17.8 Å². The van der Waals surface area contributed by atoms with E-state index >= 15 is 0 Å². The number of nitrogens with zero attached hydrogens (tertiary/aromatic N) is 3. The van der Waals surface area contributed by atoms with E-state index in [9.17, 15) is 0 Å². The second-order valence-corrected chi connectivity index (χ2v) is 4.14. The fourth-order valence-corrected chi connectivity index (χ4v) is 1.60. The molecule has 0 saturated carbocycles. The van der Waals surface area contributed by atoms with Gasteiger partial charge in [-0.15, -0.1) is 0 Å². The third-order valence-corrected chi connectivity index (χ3v) is 2.64. The minimum absolute atomic E-state index is 0.377. The molecule has 0 spiro atoms. The lowest BCUT2D eigenvalue weighted by molar-refractivity contribution is 0.406. The van der Waals surface area contributed by atoms with E-state index in [-0.39, 0.29) is 0 Å². The second-order valence-electron chi connectivity index (χ2n) is 3.29. The monoisotopic (exact) mass is 305 g/mol. The number of halogens is 1. The van der Waals surface area contributed by atoms with Crippen molar-refractivity contribution in [1.29, 1.82) is 5.26 Å². The predicted octanol–water partition coefficient (Wildman–Crippen LogP) is 2.91. The summed E-state index contributed by atoms with van der Waals surface area (Å²) in [5, 5.41) is 8.91. The smallest absolute Gasteiger partial charge is 0.236 e. The van der Waals surface area contributed by atoms with E-state index in [4.69, 9.17) is 14.7 Å². The van der Waals surface area contributed by atoms with E-state index in [1.807, 2.05) is 6.07 Å². The van der Waals surface area contributed by atoms with Crippen molar-refractivity contribution < 1.29 is 9.47 Å². The van der Waals surface area contributed by atoms with Gasteiger partial charge in [0.25, 0.3) is 0 Å². The minimum Gasteiger partial charge on any atom is -0.497 e. The molecule has 0 fully saturated rings. The molecule has 1 aromatic heterocycles. The number of hydrogen-bond donors (Lipinski definition) is 0. The van der Waals surface area contributed by atoms with Gasteiger partial charge in [-0.2, -0.15) is 5.26 Å². The summed E-state index contributed by atoms with van der Waals surface area (Å²) in [6.07, 6.45) is 2.96. The maximum Gasteiger partial charge on any atom is 0.236 e. The third-order valence-electron chi connectivity index (χ3n) is 2.09. The van der Waals surface area contributed by atoms with Crippen LogP contribution in [0.1, 0.15) is 5.56 Å². The summed E-state index contributed by atoms with van der Waals surface area (Å²) in [6, 6.07) is 6.95. The zero-order valence-electron chi connectivity index (χ0n) is 9.42. The van der Waals surface area contributed by atoms with Crippen LogP contribution in [0.5, 0.6) is 17.4 Å². The molecule has 0 bridgehead atoms. The van der Waals surface area contributed by atoms with Crippen LogP contribution in [0.25, 0.3) is 0 Å². The Morgan fingerprint density at radius 3 is 2.72 bits per heavy atom. The highest BCUT2D eigenvalue weighted by molar-refractivity contribution is 9.10. The van der Waals surface area contributed by atoms with Crippen molar-refractivity contribution in [3.63, 3.8) is 0 Å². The Bertz CT molecular complexity index is 611. The molecule has 18 heavy (non-hydrogen) atoms. The van der Waals surface area contributed by atoms with Crippen molar-refractivity contribution in [3.05, 3.63) is 40.8 Å². The number of rotatable bonds is 3. The number of nitriles is 1. The largest absolute Gasteiger partial charge is 0.497 e. The molecule has 0 aliphatic rings. The summed E-state index contributed by atoms with van der Waals surface area (Å²) in [5.41, 5.74) is 0.453. The fourth-order valence-electron chi connectivity index (χ4n) is 1.30. The van der Waals surface area contributed by atoms with Crippen LogP contribution in [0, 0.1) is 11.3 Å². The zero-order chi connectivity index (χ0) is 13.0. The first-order valence-electron chi connectivity index (χ1n) is 4.95. The molecular formula is C12H8BrN3O2. The van der Waals surface area contributed by atoms with Crippen molar-refractivity contribution in [2.45, 2.75) is 0 Å². The number of benzene rings is 1. The van der Waals surface area contributed by atoms with Crippen LogP contribution in [0.2, 0.25) is 0 Å². The van der Waals surface area contributed by atoms with Gasteiger partial charge in [0.2, 0.25) is 5.88 Å². The molecule has 0 saturated heterocycles. The molecule has 2 rings (SSSR count). The van der Waals surface area contributed by atoms with E-state index in [1.54, 1.807) is 24.4 Å². The summed E-state index contributed by atoms with van der Waals surface area (Å²) < 4.78 is 11.3. The van der Waals surface area contributed by atoms with Crippen LogP contribution in [0.3, 0.4) is 0 Å². The van der Waals surface area contributed by atoms with E-state index in [0.29, 0.717) is 27.4 Å². The zero-order valence-corrected chi connectivity index (χ0v) is 11.0. The van der Waals surface area contributed by atoms with Crippen molar-refractivity contribution in [2.24, 2.45) is 0 Å². The van der Waals surface area contributed by atoms with Crippen LogP contribution in [0.4, 0.5) is 0 Å². The lowest BCUT2D eigenvalue weighted by atomic mass is 10.2. The first kappa shape index (κ1) is 12.3. The first-order valence-corrected chi connectivity index (χ1v) is 5.75. The van der Waals surface area contributed by atoms with E-state index in [0.717, 1.165) is 0 Å². The van der Waals surface area contributed by atoms with Crippen molar-refractivity contribution in [2.75, 3.05) is 7.11 Å². The highest BCUT2D eigenvalue weighted by atomic mass is 79.9. The van der Waals surface area contributed by atoms with Crippen LogP contribution in [-0.2, 0) is 0 Å².